The summed E-state index contributed by atoms with van der Waals surface area (Å²) in [6, 6.07) is 9.33. The molecule has 1 rings (SSSR count). The van der Waals surface area contributed by atoms with Gasteiger partial charge >= 0.3 is 0 Å². The zero-order valence-electron chi connectivity index (χ0n) is 8.03. The Labute approximate surface area is 82.9 Å². The van der Waals surface area contributed by atoms with Crippen molar-refractivity contribution < 1.29 is 10.0 Å². The van der Waals surface area contributed by atoms with Gasteiger partial charge in [-0.15, -0.1) is 0 Å². The SMILES string of the molecule is CNC(=O)C(CNO)c1ccccc1. The summed E-state index contributed by atoms with van der Waals surface area (Å²) in [5.74, 6) is -0.469. The Bertz CT molecular complexity index is 287. The highest BCUT2D eigenvalue weighted by Crippen LogP contribution is 2.14. The van der Waals surface area contributed by atoms with Crippen LogP contribution in [0, 0.1) is 0 Å². The minimum absolute atomic E-state index is 0.113. The van der Waals surface area contributed by atoms with Crippen molar-refractivity contribution in [3.63, 3.8) is 0 Å². The lowest BCUT2D eigenvalue weighted by Gasteiger charge is -2.14. The molecule has 4 heteroatoms. The predicted octanol–water partition coefficient (Wildman–Crippen LogP) is 0.495. The van der Waals surface area contributed by atoms with E-state index in [4.69, 9.17) is 5.21 Å². The molecule has 0 saturated heterocycles. The zero-order chi connectivity index (χ0) is 10.4. The van der Waals surface area contributed by atoms with Crippen LogP contribution in [0.5, 0.6) is 0 Å². The molecule has 14 heavy (non-hydrogen) atoms. The van der Waals surface area contributed by atoms with Crippen LogP contribution in [0.4, 0.5) is 0 Å². The van der Waals surface area contributed by atoms with Crippen molar-refractivity contribution in [1.29, 1.82) is 0 Å². The molecule has 4 nitrogen and oxygen atoms in total. The maximum absolute atomic E-state index is 11.4. The number of hydrogen-bond acceptors (Lipinski definition) is 3. The lowest BCUT2D eigenvalue weighted by atomic mass is 9.98. The van der Waals surface area contributed by atoms with Gasteiger partial charge in [-0.2, -0.15) is 0 Å². The fraction of sp³-hybridized carbons (Fsp3) is 0.300. The van der Waals surface area contributed by atoms with Gasteiger partial charge in [0, 0.05) is 13.6 Å². The molecule has 0 aliphatic carbocycles. The van der Waals surface area contributed by atoms with Crippen LogP contribution in [0.25, 0.3) is 0 Å². The molecule has 3 N–H and O–H groups in total. The second-order valence-corrected chi connectivity index (χ2v) is 2.94. The van der Waals surface area contributed by atoms with Crippen LogP contribution in [0.2, 0.25) is 0 Å². The lowest BCUT2D eigenvalue weighted by molar-refractivity contribution is -0.122. The van der Waals surface area contributed by atoms with Gasteiger partial charge in [0.2, 0.25) is 5.91 Å². The van der Waals surface area contributed by atoms with E-state index in [9.17, 15) is 4.79 Å². The van der Waals surface area contributed by atoms with Crippen molar-refractivity contribution in [2.75, 3.05) is 13.6 Å². The zero-order valence-corrected chi connectivity index (χ0v) is 8.03. The normalized spacial score (nSPS) is 12.1. The van der Waals surface area contributed by atoms with Crippen LogP contribution >= 0.6 is 0 Å². The minimum Gasteiger partial charge on any atom is -0.359 e. The van der Waals surface area contributed by atoms with Crippen LogP contribution in [-0.4, -0.2) is 24.7 Å². The van der Waals surface area contributed by atoms with E-state index in [2.05, 4.69) is 5.32 Å². The molecule has 0 bridgehead atoms. The molecule has 0 fully saturated rings. The topological polar surface area (TPSA) is 61.4 Å². The van der Waals surface area contributed by atoms with Crippen LogP contribution < -0.4 is 10.8 Å². The first-order valence-corrected chi connectivity index (χ1v) is 4.43. The molecule has 1 aromatic carbocycles. The Morgan fingerprint density at radius 2 is 2.07 bits per heavy atom. The molecule has 76 valence electrons. The number of nitrogens with one attached hydrogen (secondary N) is 2. The summed E-state index contributed by atoms with van der Waals surface area (Å²) in [6.45, 7) is 0.212. The van der Waals surface area contributed by atoms with Crippen LogP contribution in [0.1, 0.15) is 11.5 Å². The quantitative estimate of drug-likeness (QED) is 0.611. The number of amides is 1. The maximum Gasteiger partial charge on any atom is 0.228 e. The van der Waals surface area contributed by atoms with Crippen molar-refractivity contribution in [1.82, 2.24) is 10.8 Å². The van der Waals surface area contributed by atoms with Gasteiger partial charge in [-0.05, 0) is 5.56 Å². The Balaban J connectivity index is 2.83. The van der Waals surface area contributed by atoms with E-state index in [1.807, 2.05) is 35.8 Å². The van der Waals surface area contributed by atoms with Crippen molar-refractivity contribution in [2.45, 2.75) is 5.92 Å². The van der Waals surface area contributed by atoms with Crippen LogP contribution in [0.3, 0.4) is 0 Å². The standard InChI is InChI=1S/C10H14N2O2/c1-11-10(13)9(7-12-14)8-5-3-2-4-6-8/h2-6,9,12,14H,7H2,1H3,(H,11,13). The summed E-state index contributed by atoms with van der Waals surface area (Å²) in [5.41, 5.74) is 2.90. The molecule has 1 amide bonds. The Morgan fingerprint density at radius 3 is 2.57 bits per heavy atom. The third-order valence-corrected chi connectivity index (χ3v) is 2.06. The number of rotatable bonds is 4. The molecule has 0 saturated carbocycles. The molecule has 1 aromatic rings. The molecule has 1 atom stereocenters. The van der Waals surface area contributed by atoms with Gasteiger partial charge in [0.15, 0.2) is 0 Å². The fourth-order valence-electron chi connectivity index (χ4n) is 1.31. The molecule has 0 spiro atoms. The molecular formula is C10H14N2O2. The van der Waals surface area contributed by atoms with Gasteiger partial charge in [0.25, 0.3) is 0 Å². The van der Waals surface area contributed by atoms with Gasteiger partial charge < -0.3 is 10.5 Å². The van der Waals surface area contributed by atoms with Crippen molar-refractivity contribution in [3.05, 3.63) is 35.9 Å². The first kappa shape index (κ1) is 10.7. The van der Waals surface area contributed by atoms with Crippen molar-refractivity contribution in [3.8, 4) is 0 Å². The number of hydrogen-bond donors (Lipinski definition) is 3. The predicted molar refractivity (Wildman–Crippen MR) is 53.0 cm³/mol. The molecule has 1 unspecified atom stereocenters. The highest BCUT2D eigenvalue weighted by Gasteiger charge is 2.18. The van der Waals surface area contributed by atoms with Crippen LogP contribution in [0.15, 0.2) is 30.3 Å². The Kier molecular flexibility index (Phi) is 4.10. The second kappa shape index (κ2) is 5.36. The van der Waals surface area contributed by atoms with E-state index >= 15 is 0 Å². The number of carbonyl (C=O) groups excluding carboxylic acids is 1. The summed E-state index contributed by atoms with van der Waals surface area (Å²) >= 11 is 0. The average Bonchev–Trinajstić information content (AvgIpc) is 2.26. The minimum atomic E-state index is -0.355. The average molecular weight is 194 g/mol. The number of benzene rings is 1. The van der Waals surface area contributed by atoms with Gasteiger partial charge in [-0.3, -0.25) is 4.79 Å². The first-order chi connectivity index (χ1) is 6.79. The Hall–Kier alpha value is -1.39. The number of likely N-dealkylation sites (N-methyl/N-ethyl adjacent to an activating group) is 1. The molecule has 0 radical (unpaired) electrons. The van der Waals surface area contributed by atoms with Crippen molar-refractivity contribution >= 4 is 5.91 Å². The first-order valence-electron chi connectivity index (χ1n) is 4.43. The van der Waals surface area contributed by atoms with Gasteiger partial charge in [0.05, 0.1) is 5.92 Å². The van der Waals surface area contributed by atoms with E-state index in [1.54, 1.807) is 7.05 Å². The van der Waals surface area contributed by atoms with E-state index in [0.717, 1.165) is 5.56 Å². The highest BCUT2D eigenvalue weighted by molar-refractivity contribution is 5.83. The summed E-state index contributed by atoms with van der Waals surface area (Å²) in [5, 5.41) is 11.2. The summed E-state index contributed by atoms with van der Waals surface area (Å²) < 4.78 is 0. The summed E-state index contributed by atoms with van der Waals surface area (Å²) in [7, 11) is 1.58. The molecule has 0 heterocycles. The van der Waals surface area contributed by atoms with E-state index in [0.29, 0.717) is 0 Å². The monoisotopic (exact) mass is 194 g/mol. The summed E-state index contributed by atoms with van der Waals surface area (Å²) in [4.78, 5) is 11.4. The smallest absolute Gasteiger partial charge is 0.228 e. The van der Waals surface area contributed by atoms with Crippen LogP contribution in [-0.2, 0) is 4.79 Å². The number of hydroxylamine groups is 1. The maximum atomic E-state index is 11.4. The molecule has 0 aliphatic heterocycles. The fourth-order valence-corrected chi connectivity index (χ4v) is 1.31. The van der Waals surface area contributed by atoms with E-state index in [1.165, 1.54) is 0 Å². The molecular weight excluding hydrogens is 180 g/mol. The van der Waals surface area contributed by atoms with Gasteiger partial charge in [0.1, 0.15) is 0 Å². The highest BCUT2D eigenvalue weighted by atomic mass is 16.5. The van der Waals surface area contributed by atoms with E-state index < -0.39 is 0 Å². The van der Waals surface area contributed by atoms with Crippen molar-refractivity contribution in [2.24, 2.45) is 0 Å². The third kappa shape index (κ3) is 2.55. The largest absolute Gasteiger partial charge is 0.359 e. The van der Waals surface area contributed by atoms with E-state index in [-0.39, 0.29) is 18.4 Å². The summed E-state index contributed by atoms with van der Waals surface area (Å²) in [6.07, 6.45) is 0. The molecule has 0 aromatic heterocycles. The van der Waals surface area contributed by atoms with Gasteiger partial charge in [-0.1, -0.05) is 30.3 Å². The molecule has 0 aliphatic rings. The van der Waals surface area contributed by atoms with Gasteiger partial charge in [-0.25, -0.2) is 5.48 Å². The Morgan fingerprint density at radius 1 is 1.43 bits per heavy atom. The third-order valence-electron chi connectivity index (χ3n) is 2.06. The number of carbonyl (C=O) groups is 1. The lowest BCUT2D eigenvalue weighted by Crippen LogP contribution is -2.32. The second-order valence-electron chi connectivity index (χ2n) is 2.94.